The minimum Gasteiger partial charge on any atom is -0.302 e. The highest BCUT2D eigenvalue weighted by Crippen LogP contribution is 2.20. The second kappa shape index (κ2) is 5.17. The molecular formula is C11H11N3O4S2. The van der Waals surface area contributed by atoms with Crippen molar-refractivity contribution in [2.24, 2.45) is 7.05 Å². The third-order valence-electron chi connectivity index (χ3n) is 2.42. The van der Waals surface area contributed by atoms with Crippen molar-refractivity contribution in [2.45, 2.75) is 11.1 Å². The minimum atomic E-state index is -3.94. The van der Waals surface area contributed by atoms with E-state index in [1.165, 1.54) is 17.7 Å². The second-order valence-electron chi connectivity index (χ2n) is 4.02. The summed E-state index contributed by atoms with van der Waals surface area (Å²) in [6.07, 6.45) is 1.15. The molecule has 20 heavy (non-hydrogen) atoms. The highest BCUT2D eigenvalue weighted by Gasteiger charge is 2.21. The fourth-order valence-corrected chi connectivity index (χ4v) is 3.61. The normalized spacial score (nSPS) is 11.3. The molecule has 0 fully saturated rings. The molecule has 0 spiro atoms. The molecule has 0 saturated carbocycles. The van der Waals surface area contributed by atoms with Crippen LogP contribution in [-0.4, -0.2) is 23.9 Å². The van der Waals surface area contributed by atoms with E-state index in [1.807, 2.05) is 4.72 Å². The molecule has 1 amide bonds. The third-order valence-corrected chi connectivity index (χ3v) is 5.24. The molecule has 0 aliphatic heterocycles. The molecule has 0 saturated heterocycles. The highest BCUT2D eigenvalue weighted by atomic mass is 32.2. The smallest absolute Gasteiger partial charge is 0.283 e. The number of thiophene rings is 1. The van der Waals surface area contributed by atoms with Gasteiger partial charge < -0.3 is 4.57 Å². The van der Waals surface area contributed by atoms with Crippen LogP contribution in [0.25, 0.3) is 0 Å². The Labute approximate surface area is 119 Å². The summed E-state index contributed by atoms with van der Waals surface area (Å²) in [5.74, 6) is -0.936. The quantitative estimate of drug-likeness (QED) is 0.877. The van der Waals surface area contributed by atoms with Gasteiger partial charge in [0.15, 0.2) is 0 Å². The van der Waals surface area contributed by atoms with Gasteiger partial charge in [-0.05, 0) is 19.1 Å². The fourth-order valence-electron chi connectivity index (χ4n) is 1.37. The number of nitrogens with zero attached hydrogens (tertiary/aromatic N) is 2. The Morgan fingerprint density at radius 3 is 2.65 bits per heavy atom. The average Bonchev–Trinajstić information content (AvgIpc) is 2.79. The molecule has 106 valence electrons. The van der Waals surface area contributed by atoms with E-state index in [1.54, 1.807) is 13.0 Å². The average molecular weight is 313 g/mol. The number of carbonyl (C=O) groups excluding carboxylic acids is 1. The van der Waals surface area contributed by atoms with E-state index in [0.717, 1.165) is 28.6 Å². The Balaban J connectivity index is 2.27. The van der Waals surface area contributed by atoms with E-state index in [9.17, 15) is 18.0 Å². The Kier molecular flexibility index (Phi) is 3.73. The van der Waals surface area contributed by atoms with Gasteiger partial charge >= 0.3 is 0 Å². The van der Waals surface area contributed by atoms with Crippen LogP contribution < -0.4 is 10.3 Å². The van der Waals surface area contributed by atoms with Gasteiger partial charge in [-0.25, -0.2) is 18.1 Å². The maximum Gasteiger partial charge on any atom is 0.283 e. The number of aromatic nitrogens is 2. The first-order valence-corrected chi connectivity index (χ1v) is 7.76. The molecule has 0 aromatic carbocycles. The van der Waals surface area contributed by atoms with E-state index in [4.69, 9.17) is 0 Å². The maximum absolute atomic E-state index is 11.9. The topological polar surface area (TPSA) is 98.1 Å². The number of amides is 1. The van der Waals surface area contributed by atoms with E-state index >= 15 is 0 Å². The lowest BCUT2D eigenvalue weighted by molar-refractivity contribution is 0.0976. The Morgan fingerprint density at radius 2 is 2.10 bits per heavy atom. The summed E-state index contributed by atoms with van der Waals surface area (Å²) >= 11 is 1.05. The summed E-state index contributed by atoms with van der Waals surface area (Å²) in [5.41, 5.74) is -0.695. The summed E-state index contributed by atoms with van der Waals surface area (Å²) in [6.45, 7) is 1.76. The van der Waals surface area contributed by atoms with Gasteiger partial charge in [-0.3, -0.25) is 9.59 Å². The Hall–Kier alpha value is -2.00. The second-order valence-corrected chi connectivity index (χ2v) is 7.22. The SMILES string of the molecule is Cc1ccc(S(=O)(=O)NC(=O)c2cc(=O)n(C)cn2)s1. The first-order valence-electron chi connectivity index (χ1n) is 5.46. The zero-order chi connectivity index (χ0) is 14.9. The molecule has 2 aromatic rings. The van der Waals surface area contributed by atoms with Crippen LogP contribution in [0.2, 0.25) is 0 Å². The van der Waals surface area contributed by atoms with Crippen molar-refractivity contribution in [3.8, 4) is 0 Å². The van der Waals surface area contributed by atoms with Gasteiger partial charge in [-0.15, -0.1) is 11.3 Å². The first-order chi connectivity index (χ1) is 9.29. The van der Waals surface area contributed by atoms with Gasteiger partial charge in [0.25, 0.3) is 21.5 Å². The third kappa shape index (κ3) is 2.94. The monoisotopic (exact) mass is 313 g/mol. The first kappa shape index (κ1) is 14.4. The van der Waals surface area contributed by atoms with Gasteiger partial charge in [-0.1, -0.05) is 0 Å². The molecule has 0 aliphatic carbocycles. The number of hydrogen-bond acceptors (Lipinski definition) is 6. The molecule has 1 N–H and O–H groups in total. The molecule has 0 unspecified atom stereocenters. The van der Waals surface area contributed by atoms with Crippen LogP contribution in [0.3, 0.4) is 0 Å². The molecule has 2 aromatic heterocycles. The molecule has 0 atom stereocenters. The predicted octanol–water partition coefficient (Wildman–Crippen LogP) is 0.269. The van der Waals surface area contributed by atoms with Crippen LogP contribution in [-0.2, 0) is 17.1 Å². The standard InChI is InChI=1S/C11H11N3O4S2/c1-7-3-4-10(19-7)20(17,18)13-11(16)8-5-9(15)14(2)6-12-8/h3-6H,1-2H3,(H,13,16). The molecule has 7 nitrogen and oxygen atoms in total. The van der Waals surface area contributed by atoms with Crippen molar-refractivity contribution in [1.82, 2.24) is 14.3 Å². The fraction of sp³-hybridized carbons (Fsp3) is 0.182. The molecule has 2 heterocycles. The number of rotatable bonds is 3. The number of nitrogens with one attached hydrogen (secondary N) is 1. The van der Waals surface area contributed by atoms with Gasteiger partial charge in [0.05, 0.1) is 6.33 Å². The van der Waals surface area contributed by atoms with Gasteiger partial charge in [0.2, 0.25) is 0 Å². The van der Waals surface area contributed by atoms with E-state index < -0.39 is 21.5 Å². The number of aryl methyl sites for hydroxylation is 2. The maximum atomic E-state index is 11.9. The molecule has 0 bridgehead atoms. The minimum absolute atomic E-state index is 0.0344. The molecule has 0 aliphatic rings. The van der Waals surface area contributed by atoms with Crippen molar-refractivity contribution in [2.75, 3.05) is 0 Å². The number of carbonyl (C=O) groups is 1. The predicted molar refractivity (Wildman–Crippen MR) is 73.2 cm³/mol. The summed E-state index contributed by atoms with van der Waals surface area (Å²) in [7, 11) is -2.47. The zero-order valence-electron chi connectivity index (χ0n) is 10.7. The lowest BCUT2D eigenvalue weighted by Crippen LogP contribution is -2.32. The van der Waals surface area contributed by atoms with Gasteiger partial charge in [0.1, 0.15) is 9.90 Å². The van der Waals surface area contributed by atoms with Crippen LogP contribution in [0.1, 0.15) is 15.4 Å². The molecule has 2 rings (SSSR count). The van der Waals surface area contributed by atoms with Crippen LogP contribution in [0.5, 0.6) is 0 Å². The zero-order valence-corrected chi connectivity index (χ0v) is 12.3. The largest absolute Gasteiger partial charge is 0.302 e. The lowest BCUT2D eigenvalue weighted by atomic mass is 10.4. The van der Waals surface area contributed by atoms with Crippen molar-refractivity contribution < 1.29 is 13.2 Å². The Morgan fingerprint density at radius 1 is 1.40 bits per heavy atom. The van der Waals surface area contributed by atoms with Crippen LogP contribution in [0.4, 0.5) is 0 Å². The van der Waals surface area contributed by atoms with Crippen molar-refractivity contribution >= 4 is 27.3 Å². The van der Waals surface area contributed by atoms with Gasteiger partial charge in [-0.2, -0.15) is 0 Å². The summed E-state index contributed by atoms with van der Waals surface area (Å²) < 4.78 is 27.0. The lowest BCUT2D eigenvalue weighted by Gasteiger charge is -2.04. The summed E-state index contributed by atoms with van der Waals surface area (Å²) in [4.78, 5) is 27.7. The summed E-state index contributed by atoms with van der Waals surface area (Å²) in [5, 5.41) is 0. The van der Waals surface area contributed by atoms with Crippen molar-refractivity contribution in [3.05, 3.63) is 45.5 Å². The summed E-state index contributed by atoms with van der Waals surface area (Å²) in [6, 6.07) is 4.03. The van der Waals surface area contributed by atoms with Gasteiger partial charge in [0, 0.05) is 18.0 Å². The number of hydrogen-bond donors (Lipinski definition) is 1. The van der Waals surface area contributed by atoms with Crippen molar-refractivity contribution in [1.29, 1.82) is 0 Å². The molecule has 0 radical (unpaired) electrons. The number of sulfonamides is 1. The van der Waals surface area contributed by atoms with Crippen molar-refractivity contribution in [3.63, 3.8) is 0 Å². The Bertz CT molecular complexity index is 820. The molecular weight excluding hydrogens is 302 g/mol. The van der Waals surface area contributed by atoms with Crippen LogP contribution in [0.15, 0.2) is 33.5 Å². The molecule has 9 heteroatoms. The van der Waals surface area contributed by atoms with Crippen LogP contribution in [0, 0.1) is 6.92 Å². The van der Waals surface area contributed by atoms with E-state index in [0.29, 0.717) is 0 Å². The van der Waals surface area contributed by atoms with E-state index in [2.05, 4.69) is 4.98 Å². The van der Waals surface area contributed by atoms with E-state index in [-0.39, 0.29) is 9.90 Å². The van der Waals surface area contributed by atoms with Crippen LogP contribution >= 0.6 is 11.3 Å². The highest BCUT2D eigenvalue weighted by molar-refractivity contribution is 7.92.